The summed E-state index contributed by atoms with van der Waals surface area (Å²) < 4.78 is 15.0. The highest BCUT2D eigenvalue weighted by atomic mass is 35.5. The van der Waals surface area contributed by atoms with E-state index >= 15 is 0 Å². The molecule has 3 unspecified atom stereocenters. The highest BCUT2D eigenvalue weighted by molar-refractivity contribution is 7.19. The van der Waals surface area contributed by atoms with E-state index in [1.54, 1.807) is 12.3 Å². The fraction of sp³-hybridized carbons (Fsp3) is 0.440. The Balaban J connectivity index is 1.34. The number of carbonyl (C=O) groups is 2. The largest absolute Gasteiger partial charge is 0.380 e. The number of piperidine rings is 1. The zero-order valence-electron chi connectivity index (χ0n) is 19.6. The highest BCUT2D eigenvalue weighted by Crippen LogP contribution is 2.63. The number of fused-ring (bicyclic) bond motifs is 2. The zero-order valence-corrected chi connectivity index (χ0v) is 22.3. The van der Waals surface area contributed by atoms with E-state index in [9.17, 15) is 14.0 Å². The Morgan fingerprint density at radius 3 is 2.60 bits per heavy atom. The molecule has 2 saturated carbocycles. The molecule has 35 heavy (non-hydrogen) atoms. The SMILES string of the molecule is Cc1cc(Cl)nc(-c2ccnc3cc(CN4C(=O)C5C(C4=O)C5(C)C)sc23)c1NC1CC(F)(P)C1. The maximum Gasteiger partial charge on any atom is 0.234 e. The van der Waals surface area contributed by atoms with Crippen LogP contribution in [0.3, 0.4) is 0 Å². The van der Waals surface area contributed by atoms with Crippen LogP contribution in [0.1, 0.15) is 37.1 Å². The molecule has 3 aromatic rings. The van der Waals surface area contributed by atoms with Crippen LogP contribution in [0.5, 0.6) is 0 Å². The number of nitrogens with one attached hydrogen (secondary N) is 1. The molecule has 6 nitrogen and oxygen atoms in total. The number of aryl methyl sites for hydroxylation is 1. The van der Waals surface area contributed by atoms with Crippen LogP contribution < -0.4 is 5.32 Å². The van der Waals surface area contributed by atoms with Crippen molar-refractivity contribution in [3.05, 3.63) is 40.0 Å². The lowest BCUT2D eigenvalue weighted by Gasteiger charge is -2.40. The number of alkyl halides is 1. The van der Waals surface area contributed by atoms with Crippen LogP contribution >= 0.6 is 32.2 Å². The van der Waals surface area contributed by atoms with Crippen molar-refractivity contribution in [3.8, 4) is 11.3 Å². The topological polar surface area (TPSA) is 75.2 Å². The van der Waals surface area contributed by atoms with Crippen LogP contribution in [0.4, 0.5) is 10.1 Å². The number of halogens is 2. The summed E-state index contributed by atoms with van der Waals surface area (Å²) >= 11 is 7.85. The molecule has 3 fully saturated rings. The summed E-state index contributed by atoms with van der Waals surface area (Å²) in [6.45, 7) is 6.17. The monoisotopic (exact) mass is 530 g/mol. The zero-order chi connectivity index (χ0) is 24.9. The van der Waals surface area contributed by atoms with Crippen LogP contribution in [0.15, 0.2) is 24.4 Å². The van der Waals surface area contributed by atoms with Gasteiger partial charge in [-0.15, -0.1) is 11.3 Å². The maximum absolute atomic E-state index is 14.1. The van der Waals surface area contributed by atoms with Crippen molar-refractivity contribution in [1.82, 2.24) is 14.9 Å². The lowest BCUT2D eigenvalue weighted by atomic mass is 9.89. The van der Waals surface area contributed by atoms with E-state index in [4.69, 9.17) is 11.6 Å². The molecule has 1 aliphatic heterocycles. The smallest absolute Gasteiger partial charge is 0.234 e. The normalized spacial score (nSPS) is 28.9. The first-order valence-electron chi connectivity index (χ1n) is 11.6. The van der Waals surface area contributed by atoms with Gasteiger partial charge in [-0.1, -0.05) is 34.7 Å². The molecular weight excluding hydrogens is 506 g/mol. The summed E-state index contributed by atoms with van der Waals surface area (Å²) in [6.07, 6.45) is 2.54. The number of carbonyl (C=O) groups excluding carboxylic acids is 2. The molecule has 2 amide bonds. The molecule has 0 spiro atoms. The quantitative estimate of drug-likeness (QED) is 0.265. The Kier molecular flexibility index (Phi) is 5.10. The van der Waals surface area contributed by atoms with Gasteiger partial charge in [-0.2, -0.15) is 0 Å². The van der Waals surface area contributed by atoms with E-state index in [2.05, 4.69) is 24.5 Å². The van der Waals surface area contributed by atoms with Gasteiger partial charge in [0.05, 0.1) is 40.0 Å². The standard InChI is InChI=1S/C25H25ClFN4O2PS/c1-11-6-16(26)30-20(19(11)29-12-8-25(27,34)9-12)14-4-5-28-15-7-13(35-21(14)15)10-31-22(32)17-18(23(31)33)24(17,2)3/h4-7,12,17-18,29H,8-10,34H2,1-3H3. The number of rotatable bonds is 5. The first kappa shape index (κ1) is 23.3. The predicted molar refractivity (Wildman–Crippen MR) is 139 cm³/mol. The summed E-state index contributed by atoms with van der Waals surface area (Å²) in [5, 5.41) is 2.62. The highest BCUT2D eigenvalue weighted by Gasteiger charge is 2.72. The molecule has 1 saturated heterocycles. The van der Waals surface area contributed by atoms with Crippen molar-refractivity contribution in [1.29, 1.82) is 0 Å². The molecule has 0 bridgehead atoms. The molecule has 1 N–H and O–H groups in total. The molecule has 3 aromatic heterocycles. The summed E-state index contributed by atoms with van der Waals surface area (Å²) in [7, 11) is 2.28. The minimum Gasteiger partial charge on any atom is -0.380 e. The number of hydrogen-bond donors (Lipinski definition) is 1. The summed E-state index contributed by atoms with van der Waals surface area (Å²) in [5.41, 5.74) is 3.85. The lowest BCUT2D eigenvalue weighted by Crippen LogP contribution is -2.43. The van der Waals surface area contributed by atoms with Crippen LogP contribution in [0.25, 0.3) is 21.5 Å². The number of thiophene rings is 1. The molecule has 0 radical (unpaired) electrons. The Labute approximate surface area is 213 Å². The van der Waals surface area contributed by atoms with Gasteiger partial charge in [0.1, 0.15) is 10.6 Å². The van der Waals surface area contributed by atoms with Crippen molar-refractivity contribution in [3.63, 3.8) is 0 Å². The van der Waals surface area contributed by atoms with E-state index in [1.807, 2.05) is 32.9 Å². The maximum atomic E-state index is 14.1. The second-order valence-corrected chi connectivity index (χ2v) is 13.2. The van der Waals surface area contributed by atoms with Gasteiger partial charge in [-0.3, -0.25) is 19.5 Å². The van der Waals surface area contributed by atoms with Crippen molar-refractivity contribution in [2.75, 3.05) is 5.32 Å². The second-order valence-electron chi connectivity index (χ2n) is 10.6. The van der Waals surface area contributed by atoms with Crippen LogP contribution in [0, 0.1) is 24.2 Å². The number of aromatic nitrogens is 2. The molecule has 0 aromatic carbocycles. The third-order valence-corrected chi connectivity index (χ3v) is 9.44. The van der Waals surface area contributed by atoms with Crippen LogP contribution in [-0.2, 0) is 16.1 Å². The summed E-state index contributed by atoms with van der Waals surface area (Å²) in [4.78, 5) is 37.1. The van der Waals surface area contributed by atoms with Gasteiger partial charge in [0.15, 0.2) is 0 Å². The molecule has 10 heteroatoms. The van der Waals surface area contributed by atoms with Gasteiger partial charge in [-0.05, 0) is 36.1 Å². The number of imide groups is 1. The molecular formula is C25H25ClFN4O2PS. The lowest BCUT2D eigenvalue weighted by molar-refractivity contribution is -0.143. The van der Waals surface area contributed by atoms with Crippen molar-refractivity contribution >= 4 is 59.9 Å². The second kappa shape index (κ2) is 7.67. The Morgan fingerprint density at radius 2 is 1.94 bits per heavy atom. The third-order valence-electron chi connectivity index (χ3n) is 7.63. The van der Waals surface area contributed by atoms with Gasteiger partial charge in [0.2, 0.25) is 11.8 Å². The number of likely N-dealkylation sites (tertiary alicyclic amines) is 1. The number of pyridine rings is 2. The van der Waals surface area contributed by atoms with E-state index in [0.717, 1.165) is 31.9 Å². The number of anilines is 1. The van der Waals surface area contributed by atoms with Gasteiger partial charge < -0.3 is 5.32 Å². The van der Waals surface area contributed by atoms with Crippen molar-refractivity contribution in [2.45, 2.75) is 51.6 Å². The molecule has 3 aliphatic rings. The minimum absolute atomic E-state index is 0.0111. The molecule has 3 atom stereocenters. The molecule has 182 valence electrons. The summed E-state index contributed by atoms with van der Waals surface area (Å²) in [6, 6.07) is 5.63. The predicted octanol–water partition coefficient (Wildman–Crippen LogP) is 5.58. The number of hydrogen-bond acceptors (Lipinski definition) is 6. The Hall–Kier alpha value is -2.15. The van der Waals surface area contributed by atoms with Crippen LogP contribution in [0.2, 0.25) is 5.15 Å². The van der Waals surface area contributed by atoms with E-state index in [1.165, 1.54) is 16.2 Å². The molecule has 6 rings (SSSR count). The first-order chi connectivity index (χ1) is 16.5. The van der Waals surface area contributed by atoms with Gasteiger partial charge in [-0.25, -0.2) is 9.37 Å². The van der Waals surface area contributed by atoms with E-state index in [0.29, 0.717) is 23.7 Å². The van der Waals surface area contributed by atoms with Gasteiger partial charge in [0.25, 0.3) is 0 Å². The number of amides is 2. The van der Waals surface area contributed by atoms with Gasteiger partial charge in [0, 0.05) is 35.5 Å². The van der Waals surface area contributed by atoms with Crippen LogP contribution in [-0.4, -0.2) is 38.1 Å². The Bertz CT molecular complexity index is 1390. The fourth-order valence-electron chi connectivity index (χ4n) is 5.64. The summed E-state index contributed by atoms with van der Waals surface area (Å²) in [5.74, 6) is -0.539. The minimum atomic E-state index is -1.22. The van der Waals surface area contributed by atoms with Crippen molar-refractivity contribution in [2.24, 2.45) is 17.3 Å². The fourth-order valence-corrected chi connectivity index (χ4v) is 7.58. The van der Waals surface area contributed by atoms with E-state index in [-0.39, 0.29) is 41.7 Å². The number of nitrogens with zero attached hydrogens (tertiary/aromatic N) is 3. The van der Waals surface area contributed by atoms with E-state index < -0.39 is 5.41 Å². The average Bonchev–Trinajstić information content (AvgIpc) is 3.01. The third kappa shape index (κ3) is 3.68. The average molecular weight is 531 g/mol. The Morgan fingerprint density at radius 1 is 1.26 bits per heavy atom. The van der Waals surface area contributed by atoms with Gasteiger partial charge >= 0.3 is 0 Å². The first-order valence-corrected chi connectivity index (χ1v) is 13.4. The molecule has 2 aliphatic carbocycles. The van der Waals surface area contributed by atoms with Crippen molar-refractivity contribution < 1.29 is 14.0 Å². The molecule has 4 heterocycles.